The Morgan fingerprint density at radius 2 is 1.18 bits per heavy atom. The lowest BCUT2D eigenvalue weighted by Crippen LogP contribution is -2.07. The molecule has 104 valence electrons. The monoisotopic (exact) mass is 244 g/mol. The summed E-state index contributed by atoms with van der Waals surface area (Å²) in [4.78, 5) is 0. The van der Waals surface area contributed by atoms with E-state index in [1.54, 1.807) is 0 Å². The summed E-state index contributed by atoms with van der Waals surface area (Å²) in [5, 5.41) is 0. The van der Waals surface area contributed by atoms with Crippen LogP contribution in [0.2, 0.25) is 0 Å². The Morgan fingerprint density at radius 3 is 1.76 bits per heavy atom. The lowest BCUT2D eigenvalue weighted by Gasteiger charge is -2.07. The fourth-order valence-electron chi connectivity index (χ4n) is 1.57. The summed E-state index contributed by atoms with van der Waals surface area (Å²) in [5.74, 6) is 1.57. The molecule has 0 rings (SSSR count). The van der Waals surface area contributed by atoms with E-state index in [4.69, 9.17) is 9.47 Å². The quantitative estimate of drug-likeness (QED) is 0.477. The van der Waals surface area contributed by atoms with Crippen LogP contribution >= 0.6 is 0 Å². The third kappa shape index (κ3) is 15.9. The smallest absolute Gasteiger partial charge is 0.0700 e. The van der Waals surface area contributed by atoms with Gasteiger partial charge >= 0.3 is 0 Å². The second kappa shape index (κ2) is 12.4. The molecule has 2 heteroatoms. The van der Waals surface area contributed by atoms with Gasteiger partial charge in [0.05, 0.1) is 13.2 Å². The molecule has 0 aromatic rings. The summed E-state index contributed by atoms with van der Waals surface area (Å²) in [6.07, 6.45) is 6.32. The van der Waals surface area contributed by atoms with E-state index in [9.17, 15) is 0 Å². The molecule has 0 fully saturated rings. The van der Waals surface area contributed by atoms with Crippen molar-refractivity contribution in [2.75, 3.05) is 26.4 Å². The molecule has 0 radical (unpaired) electrons. The maximum Gasteiger partial charge on any atom is 0.0700 e. The van der Waals surface area contributed by atoms with Gasteiger partial charge in [0.1, 0.15) is 0 Å². The molecule has 0 saturated heterocycles. The zero-order valence-corrected chi connectivity index (χ0v) is 12.3. The molecule has 0 aromatic heterocycles. The predicted octanol–water partition coefficient (Wildman–Crippen LogP) is 4.28. The summed E-state index contributed by atoms with van der Waals surface area (Å²) >= 11 is 0. The highest BCUT2D eigenvalue weighted by Crippen LogP contribution is 2.07. The minimum atomic E-state index is 0.733. The Bertz CT molecular complexity index is 128. The molecule has 0 aliphatic rings. The summed E-state index contributed by atoms with van der Waals surface area (Å²) in [6, 6.07) is 0. The third-order valence-electron chi connectivity index (χ3n) is 2.78. The highest BCUT2D eigenvalue weighted by Gasteiger charge is 1.96. The van der Waals surface area contributed by atoms with Gasteiger partial charge in [0.25, 0.3) is 0 Å². The molecule has 0 aliphatic heterocycles. The molecular formula is C15H32O2. The van der Waals surface area contributed by atoms with Crippen molar-refractivity contribution in [3.63, 3.8) is 0 Å². The molecule has 0 spiro atoms. The SMILES string of the molecule is CC(C)CCCCCOCCOCCC(C)C. The fourth-order valence-corrected chi connectivity index (χ4v) is 1.57. The Labute approximate surface area is 108 Å². The van der Waals surface area contributed by atoms with Crippen LogP contribution in [0.25, 0.3) is 0 Å². The van der Waals surface area contributed by atoms with Crippen LogP contribution in [0.4, 0.5) is 0 Å². The van der Waals surface area contributed by atoms with E-state index >= 15 is 0 Å². The minimum Gasteiger partial charge on any atom is -0.379 e. The topological polar surface area (TPSA) is 18.5 Å². The lowest BCUT2D eigenvalue weighted by molar-refractivity contribution is 0.0426. The average Bonchev–Trinajstić information content (AvgIpc) is 2.25. The first-order valence-corrected chi connectivity index (χ1v) is 7.28. The van der Waals surface area contributed by atoms with E-state index in [2.05, 4.69) is 27.7 Å². The van der Waals surface area contributed by atoms with Crippen LogP contribution in [0.15, 0.2) is 0 Å². The summed E-state index contributed by atoms with van der Waals surface area (Å²) in [7, 11) is 0. The normalized spacial score (nSPS) is 11.6. The summed E-state index contributed by atoms with van der Waals surface area (Å²) in [5.41, 5.74) is 0. The minimum absolute atomic E-state index is 0.733. The van der Waals surface area contributed by atoms with Crippen molar-refractivity contribution >= 4 is 0 Å². The molecule has 17 heavy (non-hydrogen) atoms. The van der Waals surface area contributed by atoms with E-state index in [-0.39, 0.29) is 0 Å². The van der Waals surface area contributed by atoms with E-state index in [1.165, 1.54) is 25.7 Å². The molecule has 0 aromatic carbocycles. The Kier molecular flexibility index (Phi) is 12.3. The van der Waals surface area contributed by atoms with Crippen LogP contribution < -0.4 is 0 Å². The van der Waals surface area contributed by atoms with Crippen molar-refractivity contribution in [2.24, 2.45) is 11.8 Å². The molecule has 0 N–H and O–H groups in total. The van der Waals surface area contributed by atoms with Crippen LogP contribution in [0.3, 0.4) is 0 Å². The van der Waals surface area contributed by atoms with Gasteiger partial charge in [-0.3, -0.25) is 0 Å². The maximum atomic E-state index is 5.52. The van der Waals surface area contributed by atoms with Crippen LogP contribution in [-0.2, 0) is 9.47 Å². The molecular weight excluding hydrogens is 212 g/mol. The maximum absolute atomic E-state index is 5.52. The van der Waals surface area contributed by atoms with Gasteiger partial charge in [-0.05, 0) is 24.7 Å². The van der Waals surface area contributed by atoms with Gasteiger partial charge in [0.15, 0.2) is 0 Å². The zero-order valence-electron chi connectivity index (χ0n) is 12.3. The van der Waals surface area contributed by atoms with Crippen molar-refractivity contribution in [2.45, 2.75) is 59.8 Å². The molecule has 0 amide bonds. The van der Waals surface area contributed by atoms with Gasteiger partial charge in [-0.25, -0.2) is 0 Å². The van der Waals surface area contributed by atoms with Gasteiger partial charge in [-0.2, -0.15) is 0 Å². The predicted molar refractivity (Wildman–Crippen MR) is 74.4 cm³/mol. The highest BCUT2D eigenvalue weighted by atomic mass is 16.5. The van der Waals surface area contributed by atoms with Gasteiger partial charge in [-0.1, -0.05) is 47.0 Å². The summed E-state index contributed by atoms with van der Waals surface area (Å²) in [6.45, 7) is 12.3. The molecule has 2 nitrogen and oxygen atoms in total. The van der Waals surface area contributed by atoms with Crippen molar-refractivity contribution in [1.29, 1.82) is 0 Å². The molecule has 0 heterocycles. The Morgan fingerprint density at radius 1 is 0.588 bits per heavy atom. The highest BCUT2D eigenvalue weighted by molar-refractivity contribution is 4.47. The molecule has 0 unspecified atom stereocenters. The third-order valence-corrected chi connectivity index (χ3v) is 2.78. The number of ether oxygens (including phenoxy) is 2. The van der Waals surface area contributed by atoms with Crippen molar-refractivity contribution in [3.05, 3.63) is 0 Å². The van der Waals surface area contributed by atoms with Gasteiger partial charge in [-0.15, -0.1) is 0 Å². The number of hydrogen-bond donors (Lipinski definition) is 0. The van der Waals surface area contributed by atoms with E-state index in [0.717, 1.165) is 44.7 Å². The van der Waals surface area contributed by atoms with Gasteiger partial charge < -0.3 is 9.47 Å². The molecule has 0 aliphatic carbocycles. The second-order valence-electron chi connectivity index (χ2n) is 5.65. The lowest BCUT2D eigenvalue weighted by atomic mass is 10.1. The summed E-state index contributed by atoms with van der Waals surface area (Å²) < 4.78 is 11.0. The van der Waals surface area contributed by atoms with Gasteiger partial charge in [0, 0.05) is 13.2 Å². The van der Waals surface area contributed by atoms with E-state index in [0.29, 0.717) is 0 Å². The van der Waals surface area contributed by atoms with E-state index < -0.39 is 0 Å². The molecule has 0 bridgehead atoms. The van der Waals surface area contributed by atoms with Crippen molar-refractivity contribution in [1.82, 2.24) is 0 Å². The van der Waals surface area contributed by atoms with Crippen molar-refractivity contribution < 1.29 is 9.47 Å². The fraction of sp³-hybridized carbons (Fsp3) is 1.00. The molecule has 0 saturated carbocycles. The van der Waals surface area contributed by atoms with Crippen molar-refractivity contribution in [3.8, 4) is 0 Å². The first-order chi connectivity index (χ1) is 8.13. The van der Waals surface area contributed by atoms with E-state index in [1.807, 2.05) is 0 Å². The first kappa shape index (κ1) is 16.9. The van der Waals surface area contributed by atoms with Gasteiger partial charge in [0.2, 0.25) is 0 Å². The first-order valence-electron chi connectivity index (χ1n) is 7.28. The second-order valence-corrected chi connectivity index (χ2v) is 5.65. The Hall–Kier alpha value is -0.0800. The molecule has 0 atom stereocenters. The van der Waals surface area contributed by atoms with Crippen LogP contribution in [0, 0.1) is 11.8 Å². The largest absolute Gasteiger partial charge is 0.379 e. The number of rotatable bonds is 12. The average molecular weight is 244 g/mol. The zero-order chi connectivity index (χ0) is 12.9. The Balaban J connectivity index is 2.94. The number of hydrogen-bond acceptors (Lipinski definition) is 2. The van der Waals surface area contributed by atoms with Crippen LogP contribution in [0.1, 0.15) is 59.8 Å². The van der Waals surface area contributed by atoms with Crippen LogP contribution in [0.5, 0.6) is 0 Å². The van der Waals surface area contributed by atoms with Crippen LogP contribution in [-0.4, -0.2) is 26.4 Å². The standard InChI is InChI=1S/C15H32O2/c1-14(2)8-6-5-7-10-16-12-13-17-11-9-15(3)4/h14-15H,5-13H2,1-4H3. The number of unbranched alkanes of at least 4 members (excludes halogenated alkanes) is 2.